The lowest BCUT2D eigenvalue weighted by atomic mass is 10.1. The van der Waals surface area contributed by atoms with Gasteiger partial charge in [-0.3, -0.25) is 14.5 Å². The average molecular weight is 730 g/mol. The van der Waals surface area contributed by atoms with Gasteiger partial charge in [0, 0.05) is 61.9 Å². The molecule has 0 aliphatic heterocycles. The van der Waals surface area contributed by atoms with Crippen LogP contribution in [-0.2, 0) is 0 Å². The van der Waals surface area contributed by atoms with Crippen LogP contribution in [0.25, 0.3) is 105 Å². The van der Waals surface area contributed by atoms with Crippen LogP contribution in [0.2, 0.25) is 0 Å². The highest BCUT2D eigenvalue weighted by molar-refractivity contribution is 6.12. The Kier molecular flexibility index (Phi) is 6.79. The molecule has 12 rings (SSSR count). The van der Waals surface area contributed by atoms with Crippen LogP contribution in [0.4, 0.5) is 0 Å². The zero-order valence-corrected chi connectivity index (χ0v) is 30.5. The topological polar surface area (TPSA) is 66.3 Å². The van der Waals surface area contributed by atoms with E-state index in [0.717, 1.165) is 88.7 Å². The largest absolute Gasteiger partial charge is 0.306 e. The molecule has 0 saturated carbocycles. The molecule has 7 nitrogen and oxygen atoms in total. The molecule has 0 aliphatic rings. The summed E-state index contributed by atoms with van der Waals surface area (Å²) in [6, 6.07) is 57.4. The molecule has 0 spiro atoms. The van der Waals surface area contributed by atoms with Gasteiger partial charge in [-0.15, -0.1) is 0 Å². The van der Waals surface area contributed by atoms with Crippen molar-refractivity contribution in [2.45, 2.75) is 0 Å². The number of pyridine rings is 2. The standard InChI is InChI=1S/C50H31N7/c1-2-13-32(14-3-1)40-29-48(56-42-21-9-5-15-33(42)34-16-6-10-22-43(34)56)54-50(53-40)39-19-12-24-45(55-41-20-8-4-17-35(41)37-25-27-51-30-46(37)55)49(39)57-44-23-11-7-18-36(44)38-26-28-52-31-47(38)57/h1-31H. The Hall–Kier alpha value is -7.90. The highest BCUT2D eigenvalue weighted by atomic mass is 15.1. The van der Waals surface area contributed by atoms with Crippen LogP contribution in [0.15, 0.2) is 189 Å². The minimum Gasteiger partial charge on any atom is -0.306 e. The molecule has 6 aromatic heterocycles. The van der Waals surface area contributed by atoms with Gasteiger partial charge in [0.15, 0.2) is 5.82 Å². The molecule has 266 valence electrons. The van der Waals surface area contributed by atoms with Gasteiger partial charge in [0.25, 0.3) is 0 Å². The van der Waals surface area contributed by atoms with E-state index in [9.17, 15) is 0 Å². The normalized spacial score (nSPS) is 11.9. The molecule has 0 aliphatic carbocycles. The Morgan fingerprint density at radius 2 is 0.860 bits per heavy atom. The van der Waals surface area contributed by atoms with E-state index in [1.807, 2.05) is 30.9 Å². The van der Waals surface area contributed by atoms with Crippen molar-refractivity contribution in [2.24, 2.45) is 0 Å². The number of nitrogens with zero attached hydrogens (tertiary/aromatic N) is 7. The molecule has 0 unspecified atom stereocenters. The number of fused-ring (bicyclic) bond motifs is 9. The third-order valence-electron chi connectivity index (χ3n) is 11.3. The quantitative estimate of drug-likeness (QED) is 0.177. The predicted molar refractivity (Wildman–Crippen MR) is 232 cm³/mol. The molecular weight excluding hydrogens is 699 g/mol. The van der Waals surface area contributed by atoms with Crippen LogP contribution < -0.4 is 0 Å². The van der Waals surface area contributed by atoms with Crippen molar-refractivity contribution in [2.75, 3.05) is 0 Å². The van der Waals surface area contributed by atoms with Gasteiger partial charge in [0.05, 0.1) is 62.6 Å². The molecule has 6 heterocycles. The Labute approximate surface area is 326 Å². The molecule has 0 bridgehead atoms. The summed E-state index contributed by atoms with van der Waals surface area (Å²) in [5, 5.41) is 6.91. The summed E-state index contributed by atoms with van der Waals surface area (Å²) < 4.78 is 6.95. The smallest absolute Gasteiger partial charge is 0.164 e. The maximum Gasteiger partial charge on any atom is 0.164 e. The van der Waals surface area contributed by atoms with Gasteiger partial charge in [0.1, 0.15) is 5.82 Å². The first kappa shape index (κ1) is 31.5. The summed E-state index contributed by atoms with van der Waals surface area (Å²) in [6.07, 6.45) is 7.67. The third-order valence-corrected chi connectivity index (χ3v) is 11.3. The summed E-state index contributed by atoms with van der Waals surface area (Å²) in [5.74, 6) is 1.40. The molecule has 0 radical (unpaired) electrons. The molecule has 0 amide bonds. The van der Waals surface area contributed by atoms with E-state index >= 15 is 0 Å². The summed E-state index contributed by atoms with van der Waals surface area (Å²) >= 11 is 0. The van der Waals surface area contributed by atoms with E-state index in [0.29, 0.717) is 5.82 Å². The monoisotopic (exact) mass is 729 g/mol. The summed E-state index contributed by atoms with van der Waals surface area (Å²) in [4.78, 5) is 20.3. The molecule has 12 aromatic rings. The molecule has 0 fully saturated rings. The maximum absolute atomic E-state index is 5.55. The highest BCUT2D eigenvalue weighted by Gasteiger charge is 2.25. The molecule has 0 N–H and O–H groups in total. The maximum atomic E-state index is 5.55. The van der Waals surface area contributed by atoms with Crippen molar-refractivity contribution in [3.8, 4) is 39.8 Å². The van der Waals surface area contributed by atoms with Gasteiger partial charge >= 0.3 is 0 Å². The minimum atomic E-state index is 0.610. The van der Waals surface area contributed by atoms with Crippen LogP contribution in [0.1, 0.15) is 0 Å². The average Bonchev–Trinajstić information content (AvgIpc) is 3.92. The third kappa shape index (κ3) is 4.66. The van der Waals surface area contributed by atoms with Gasteiger partial charge in [-0.05, 0) is 48.5 Å². The second kappa shape index (κ2) is 12.3. The van der Waals surface area contributed by atoms with E-state index in [4.69, 9.17) is 9.97 Å². The van der Waals surface area contributed by atoms with Crippen molar-refractivity contribution >= 4 is 65.4 Å². The molecule has 7 heteroatoms. The van der Waals surface area contributed by atoms with E-state index < -0.39 is 0 Å². The predicted octanol–water partition coefficient (Wildman–Crippen LogP) is 11.9. The SMILES string of the molecule is c1ccc(-c2cc(-n3c4ccccc4c4ccccc43)nc(-c3cccc(-n4c5ccccc5c5ccncc54)c3-n3c4ccccc4c4ccncc43)n2)cc1. The van der Waals surface area contributed by atoms with Crippen LogP contribution in [-0.4, -0.2) is 33.6 Å². The van der Waals surface area contributed by atoms with Crippen molar-refractivity contribution in [1.82, 2.24) is 33.6 Å². The van der Waals surface area contributed by atoms with Crippen molar-refractivity contribution < 1.29 is 0 Å². The minimum absolute atomic E-state index is 0.610. The molecule has 57 heavy (non-hydrogen) atoms. The Morgan fingerprint density at radius 1 is 0.368 bits per heavy atom. The highest BCUT2D eigenvalue weighted by Crippen LogP contribution is 2.42. The van der Waals surface area contributed by atoms with Gasteiger partial charge in [-0.1, -0.05) is 109 Å². The first-order valence-electron chi connectivity index (χ1n) is 19.1. The molecule has 6 aromatic carbocycles. The summed E-state index contributed by atoms with van der Waals surface area (Å²) in [5.41, 5.74) is 11.0. The van der Waals surface area contributed by atoms with E-state index in [1.54, 1.807) is 0 Å². The lowest BCUT2D eigenvalue weighted by Gasteiger charge is -2.20. The fourth-order valence-corrected chi connectivity index (χ4v) is 8.86. The van der Waals surface area contributed by atoms with Crippen molar-refractivity contribution in [3.63, 3.8) is 0 Å². The Bertz CT molecular complexity index is 3380. The molecule has 0 saturated heterocycles. The van der Waals surface area contributed by atoms with E-state index in [-0.39, 0.29) is 0 Å². The van der Waals surface area contributed by atoms with Crippen molar-refractivity contribution in [1.29, 1.82) is 0 Å². The number of hydrogen-bond acceptors (Lipinski definition) is 4. The van der Waals surface area contributed by atoms with Gasteiger partial charge in [-0.2, -0.15) is 0 Å². The lowest BCUT2D eigenvalue weighted by Crippen LogP contribution is -2.08. The second-order valence-electron chi connectivity index (χ2n) is 14.3. The number of benzene rings is 6. The van der Waals surface area contributed by atoms with Crippen LogP contribution in [0.3, 0.4) is 0 Å². The number of para-hydroxylation sites is 5. The second-order valence-corrected chi connectivity index (χ2v) is 14.3. The van der Waals surface area contributed by atoms with Crippen LogP contribution in [0.5, 0.6) is 0 Å². The van der Waals surface area contributed by atoms with Crippen LogP contribution >= 0.6 is 0 Å². The van der Waals surface area contributed by atoms with Gasteiger partial charge < -0.3 is 9.13 Å². The number of hydrogen-bond donors (Lipinski definition) is 0. The number of aromatic nitrogens is 7. The van der Waals surface area contributed by atoms with Gasteiger partial charge in [0.2, 0.25) is 0 Å². The molecular formula is C50H31N7. The van der Waals surface area contributed by atoms with E-state index in [2.05, 4.69) is 181 Å². The fourth-order valence-electron chi connectivity index (χ4n) is 8.86. The Morgan fingerprint density at radius 3 is 1.46 bits per heavy atom. The first-order valence-corrected chi connectivity index (χ1v) is 19.1. The van der Waals surface area contributed by atoms with Gasteiger partial charge in [-0.25, -0.2) is 9.97 Å². The lowest BCUT2D eigenvalue weighted by molar-refractivity contribution is 1.03. The first-order chi connectivity index (χ1) is 28.3. The fraction of sp³-hybridized carbons (Fsp3) is 0. The van der Waals surface area contributed by atoms with Crippen LogP contribution in [0, 0.1) is 0 Å². The zero-order valence-electron chi connectivity index (χ0n) is 30.5. The van der Waals surface area contributed by atoms with E-state index in [1.165, 1.54) is 10.8 Å². The summed E-state index contributed by atoms with van der Waals surface area (Å²) in [6.45, 7) is 0. The Balaban J connectivity index is 1.25. The van der Waals surface area contributed by atoms with Crippen molar-refractivity contribution in [3.05, 3.63) is 189 Å². The zero-order chi connectivity index (χ0) is 37.5. The summed E-state index contributed by atoms with van der Waals surface area (Å²) in [7, 11) is 0. The molecule has 0 atom stereocenters. The number of rotatable bonds is 5.